The number of methoxy groups -OCH3 is 2. The van der Waals surface area contributed by atoms with Crippen molar-refractivity contribution >= 4 is 5.91 Å². The molecule has 1 amide bonds. The molecule has 1 rings (SSSR count). The number of amides is 1. The maximum Gasteiger partial charge on any atom is 0.222 e. The Balaban J connectivity index is 2.14. The van der Waals surface area contributed by atoms with Crippen LogP contribution in [-0.4, -0.2) is 65.2 Å². The van der Waals surface area contributed by atoms with Crippen LogP contribution < -0.4 is 10.6 Å². The van der Waals surface area contributed by atoms with Crippen LogP contribution in [0.15, 0.2) is 0 Å². The van der Waals surface area contributed by atoms with Gasteiger partial charge in [-0.15, -0.1) is 0 Å². The summed E-state index contributed by atoms with van der Waals surface area (Å²) in [7, 11) is 3.21. The fourth-order valence-corrected chi connectivity index (χ4v) is 1.65. The molecule has 1 heterocycles. The van der Waals surface area contributed by atoms with Crippen molar-refractivity contribution < 1.29 is 19.0 Å². The van der Waals surface area contributed by atoms with Crippen LogP contribution in [0.25, 0.3) is 0 Å². The second-order valence-electron chi connectivity index (χ2n) is 4.02. The van der Waals surface area contributed by atoms with Gasteiger partial charge in [0.2, 0.25) is 5.91 Å². The summed E-state index contributed by atoms with van der Waals surface area (Å²) < 4.78 is 15.6. The molecule has 2 unspecified atom stereocenters. The van der Waals surface area contributed by atoms with Gasteiger partial charge in [0.05, 0.1) is 31.8 Å². The van der Waals surface area contributed by atoms with Crippen LogP contribution in [0, 0.1) is 0 Å². The Morgan fingerprint density at radius 3 is 3.00 bits per heavy atom. The van der Waals surface area contributed by atoms with Gasteiger partial charge in [-0.3, -0.25) is 4.79 Å². The minimum Gasteiger partial charge on any atom is -0.382 e. The zero-order valence-electron chi connectivity index (χ0n) is 10.5. The quantitative estimate of drug-likeness (QED) is 0.612. The summed E-state index contributed by atoms with van der Waals surface area (Å²) in [5.74, 6) is -0.0168. The van der Waals surface area contributed by atoms with Gasteiger partial charge < -0.3 is 24.8 Å². The van der Waals surface area contributed by atoms with Crippen molar-refractivity contribution in [1.82, 2.24) is 10.6 Å². The molecule has 0 aromatic rings. The number of ether oxygens (including phenoxy) is 3. The normalized spacial score (nSPS) is 22.1. The summed E-state index contributed by atoms with van der Waals surface area (Å²) in [6.45, 7) is 3.20. The van der Waals surface area contributed by atoms with E-state index in [1.165, 1.54) is 0 Å². The highest BCUT2D eigenvalue weighted by Gasteiger charge is 2.17. The number of carbonyl (C=O) groups excluding carboxylic acids is 1. The zero-order chi connectivity index (χ0) is 12.5. The smallest absolute Gasteiger partial charge is 0.222 e. The summed E-state index contributed by atoms with van der Waals surface area (Å²) >= 11 is 0. The van der Waals surface area contributed by atoms with Gasteiger partial charge in [-0.2, -0.15) is 0 Å². The highest BCUT2D eigenvalue weighted by molar-refractivity contribution is 5.76. The van der Waals surface area contributed by atoms with Crippen molar-refractivity contribution in [1.29, 1.82) is 0 Å². The second kappa shape index (κ2) is 8.41. The first-order chi connectivity index (χ1) is 8.26. The number of morpholine rings is 1. The van der Waals surface area contributed by atoms with Crippen molar-refractivity contribution in [2.75, 3.05) is 47.1 Å². The molecule has 0 spiro atoms. The average Bonchev–Trinajstić information content (AvgIpc) is 2.35. The van der Waals surface area contributed by atoms with Crippen LogP contribution in [0.2, 0.25) is 0 Å². The molecular formula is C11H22N2O4. The molecule has 6 nitrogen and oxygen atoms in total. The summed E-state index contributed by atoms with van der Waals surface area (Å²) in [6, 6.07) is 0. The van der Waals surface area contributed by atoms with Crippen LogP contribution in [0.5, 0.6) is 0 Å². The molecule has 1 aliphatic heterocycles. The lowest BCUT2D eigenvalue weighted by molar-refractivity contribution is -0.125. The van der Waals surface area contributed by atoms with E-state index in [0.717, 1.165) is 13.1 Å². The van der Waals surface area contributed by atoms with E-state index in [2.05, 4.69) is 10.6 Å². The number of nitrogens with one attached hydrogen (secondary N) is 2. The molecule has 0 aromatic heterocycles. The van der Waals surface area contributed by atoms with E-state index in [1.807, 2.05) is 0 Å². The molecule has 0 radical (unpaired) electrons. The Hall–Kier alpha value is -0.690. The highest BCUT2D eigenvalue weighted by Crippen LogP contribution is 2.01. The summed E-state index contributed by atoms with van der Waals surface area (Å²) in [5, 5.41) is 6.00. The Kier molecular flexibility index (Phi) is 7.11. The Morgan fingerprint density at radius 2 is 2.41 bits per heavy atom. The number of carbonyl (C=O) groups is 1. The van der Waals surface area contributed by atoms with Crippen LogP contribution in [0.4, 0.5) is 0 Å². The summed E-state index contributed by atoms with van der Waals surface area (Å²) in [4.78, 5) is 11.6. The average molecular weight is 246 g/mol. The topological polar surface area (TPSA) is 68.8 Å². The van der Waals surface area contributed by atoms with Crippen LogP contribution in [0.3, 0.4) is 0 Å². The zero-order valence-corrected chi connectivity index (χ0v) is 10.5. The van der Waals surface area contributed by atoms with Crippen molar-refractivity contribution in [3.05, 3.63) is 0 Å². The third kappa shape index (κ3) is 5.97. The van der Waals surface area contributed by atoms with Crippen molar-refractivity contribution in [2.24, 2.45) is 0 Å². The molecule has 0 aromatic carbocycles. The van der Waals surface area contributed by atoms with E-state index in [4.69, 9.17) is 14.2 Å². The molecule has 6 heteroatoms. The predicted octanol–water partition coefficient (Wildman–Crippen LogP) is -0.857. The van der Waals surface area contributed by atoms with E-state index < -0.39 is 0 Å². The molecule has 2 atom stereocenters. The molecule has 17 heavy (non-hydrogen) atoms. The molecule has 1 fully saturated rings. The lowest BCUT2D eigenvalue weighted by Gasteiger charge is -2.23. The van der Waals surface area contributed by atoms with Gasteiger partial charge in [-0.1, -0.05) is 0 Å². The minimum absolute atomic E-state index is 0.0168. The molecule has 1 saturated heterocycles. The molecule has 0 bridgehead atoms. The van der Waals surface area contributed by atoms with E-state index in [0.29, 0.717) is 26.2 Å². The van der Waals surface area contributed by atoms with Gasteiger partial charge in [0.25, 0.3) is 0 Å². The first kappa shape index (κ1) is 14.4. The van der Waals surface area contributed by atoms with E-state index >= 15 is 0 Å². The van der Waals surface area contributed by atoms with Gasteiger partial charge in [-0.05, 0) is 0 Å². The third-order valence-corrected chi connectivity index (χ3v) is 2.63. The van der Waals surface area contributed by atoms with Crippen molar-refractivity contribution in [3.8, 4) is 0 Å². The number of hydrogen-bond acceptors (Lipinski definition) is 5. The summed E-state index contributed by atoms with van der Waals surface area (Å²) in [5.41, 5.74) is 0. The monoisotopic (exact) mass is 246 g/mol. The molecule has 0 aliphatic carbocycles. The molecular weight excluding hydrogens is 224 g/mol. The Morgan fingerprint density at radius 1 is 1.59 bits per heavy atom. The van der Waals surface area contributed by atoms with Crippen molar-refractivity contribution in [2.45, 2.75) is 18.6 Å². The van der Waals surface area contributed by atoms with E-state index in [9.17, 15) is 4.79 Å². The summed E-state index contributed by atoms with van der Waals surface area (Å²) in [6.07, 6.45) is 0.262. The van der Waals surface area contributed by atoms with Crippen molar-refractivity contribution in [3.63, 3.8) is 0 Å². The van der Waals surface area contributed by atoms with E-state index in [-0.39, 0.29) is 18.1 Å². The minimum atomic E-state index is -0.102. The fourth-order valence-electron chi connectivity index (χ4n) is 1.65. The van der Waals surface area contributed by atoms with E-state index in [1.54, 1.807) is 14.2 Å². The molecule has 0 saturated carbocycles. The van der Waals surface area contributed by atoms with Crippen LogP contribution >= 0.6 is 0 Å². The first-order valence-electron chi connectivity index (χ1n) is 5.87. The highest BCUT2D eigenvalue weighted by atomic mass is 16.5. The standard InChI is InChI=1S/C11H22N2O4/c1-15-8-10(16-2)7-13-11(14)5-9-6-12-3-4-17-9/h9-10,12H,3-8H2,1-2H3,(H,13,14). The van der Waals surface area contributed by atoms with Gasteiger partial charge in [-0.25, -0.2) is 0 Å². The van der Waals surface area contributed by atoms with Crippen LogP contribution in [-0.2, 0) is 19.0 Å². The second-order valence-corrected chi connectivity index (χ2v) is 4.02. The predicted molar refractivity (Wildman–Crippen MR) is 62.9 cm³/mol. The fraction of sp³-hybridized carbons (Fsp3) is 0.909. The lowest BCUT2D eigenvalue weighted by Crippen LogP contribution is -2.43. The Labute approximate surface area is 102 Å². The van der Waals surface area contributed by atoms with Gasteiger partial charge in [0.1, 0.15) is 0 Å². The van der Waals surface area contributed by atoms with Gasteiger partial charge in [0.15, 0.2) is 0 Å². The molecule has 2 N–H and O–H groups in total. The lowest BCUT2D eigenvalue weighted by atomic mass is 10.2. The SMILES string of the molecule is COCC(CNC(=O)CC1CNCCO1)OC. The van der Waals surface area contributed by atoms with Gasteiger partial charge >= 0.3 is 0 Å². The number of rotatable bonds is 7. The Bertz CT molecular complexity index is 220. The first-order valence-corrected chi connectivity index (χ1v) is 5.87. The third-order valence-electron chi connectivity index (χ3n) is 2.63. The molecule has 100 valence electrons. The largest absolute Gasteiger partial charge is 0.382 e. The molecule has 1 aliphatic rings. The maximum atomic E-state index is 11.6. The van der Waals surface area contributed by atoms with Crippen LogP contribution in [0.1, 0.15) is 6.42 Å². The maximum absolute atomic E-state index is 11.6. The number of hydrogen-bond donors (Lipinski definition) is 2. The van der Waals surface area contributed by atoms with Gasteiger partial charge in [0, 0.05) is 33.9 Å².